The molecule has 0 aromatic carbocycles. The van der Waals surface area contributed by atoms with Gasteiger partial charge < -0.3 is 39.6 Å². The van der Waals surface area contributed by atoms with Crippen LogP contribution in [0.25, 0.3) is 0 Å². The van der Waals surface area contributed by atoms with E-state index in [-0.39, 0.29) is 52.0 Å². The third-order valence-corrected chi connectivity index (χ3v) is 5.36. The third kappa shape index (κ3) is 21.8. The lowest BCUT2D eigenvalue weighted by atomic mass is 10.1. The van der Waals surface area contributed by atoms with Crippen molar-refractivity contribution in [1.82, 2.24) is 20.4 Å². The van der Waals surface area contributed by atoms with E-state index in [9.17, 15) is 29.1 Å². The number of carboxylic acids is 1. The van der Waals surface area contributed by atoms with Crippen molar-refractivity contribution >= 4 is 30.3 Å². The SMILES string of the molecule is CC(C)(C)OC(=O)NCCCN(CCCC(C(=O)O)N(CCCNC(=O)OC(C)(C)C)C(=O)OC(C)(C)C)C(=O)OC(C)(C)C. The van der Waals surface area contributed by atoms with Crippen LogP contribution in [0, 0.1) is 0 Å². The predicted octanol–water partition coefficient (Wildman–Crippen LogP) is 5.52. The second-order valence-electron chi connectivity index (χ2n) is 14.7. The van der Waals surface area contributed by atoms with Crippen molar-refractivity contribution in [1.29, 1.82) is 0 Å². The molecule has 0 aromatic rings. The first-order valence-electron chi connectivity index (χ1n) is 15.4. The molecule has 0 aliphatic rings. The molecule has 45 heavy (non-hydrogen) atoms. The molecule has 0 aromatic heterocycles. The van der Waals surface area contributed by atoms with Crippen LogP contribution in [-0.2, 0) is 23.7 Å². The lowest BCUT2D eigenvalue weighted by molar-refractivity contribution is -0.143. The average Bonchev–Trinajstić information content (AvgIpc) is 2.79. The minimum atomic E-state index is -1.25. The highest BCUT2D eigenvalue weighted by atomic mass is 16.6. The third-order valence-electron chi connectivity index (χ3n) is 5.36. The zero-order chi connectivity index (χ0) is 35.2. The summed E-state index contributed by atoms with van der Waals surface area (Å²) in [5.74, 6) is -1.23. The highest BCUT2D eigenvalue weighted by Gasteiger charge is 2.33. The lowest BCUT2D eigenvalue weighted by Gasteiger charge is -2.32. The predicted molar refractivity (Wildman–Crippen MR) is 169 cm³/mol. The van der Waals surface area contributed by atoms with Gasteiger partial charge in [0.15, 0.2) is 0 Å². The molecule has 262 valence electrons. The van der Waals surface area contributed by atoms with Crippen LogP contribution in [0.2, 0.25) is 0 Å². The van der Waals surface area contributed by atoms with Gasteiger partial charge >= 0.3 is 30.3 Å². The Morgan fingerprint density at radius 2 is 0.956 bits per heavy atom. The van der Waals surface area contributed by atoms with E-state index in [1.807, 2.05) is 0 Å². The van der Waals surface area contributed by atoms with Crippen molar-refractivity contribution in [2.75, 3.05) is 32.7 Å². The number of carbonyl (C=O) groups is 5. The molecular weight excluding hydrogens is 588 g/mol. The molecule has 0 spiro atoms. The summed E-state index contributed by atoms with van der Waals surface area (Å²) in [6.07, 6.45) is -1.68. The molecular formula is C31H58N4O10. The quantitative estimate of drug-likeness (QED) is 0.161. The fourth-order valence-electron chi connectivity index (χ4n) is 3.73. The molecule has 1 unspecified atom stereocenters. The van der Waals surface area contributed by atoms with Gasteiger partial charge in [-0.15, -0.1) is 0 Å². The van der Waals surface area contributed by atoms with Gasteiger partial charge in [0.05, 0.1) is 0 Å². The van der Waals surface area contributed by atoms with Crippen LogP contribution in [-0.4, -0.2) is 106 Å². The fraction of sp³-hybridized carbons (Fsp3) is 0.839. The highest BCUT2D eigenvalue weighted by Crippen LogP contribution is 2.17. The first-order chi connectivity index (χ1) is 20.3. The topological polar surface area (TPSA) is 173 Å². The summed E-state index contributed by atoms with van der Waals surface area (Å²) in [7, 11) is 0. The Balaban J connectivity index is 5.53. The van der Waals surface area contributed by atoms with E-state index in [0.29, 0.717) is 6.42 Å². The lowest BCUT2D eigenvalue weighted by Crippen LogP contribution is -2.48. The van der Waals surface area contributed by atoms with E-state index in [1.54, 1.807) is 83.1 Å². The van der Waals surface area contributed by atoms with Gasteiger partial charge in [-0.2, -0.15) is 0 Å². The molecule has 0 heterocycles. The Morgan fingerprint density at radius 1 is 0.578 bits per heavy atom. The van der Waals surface area contributed by atoms with Gasteiger partial charge in [0, 0.05) is 32.7 Å². The highest BCUT2D eigenvalue weighted by molar-refractivity contribution is 5.80. The zero-order valence-electron chi connectivity index (χ0n) is 29.5. The monoisotopic (exact) mass is 646 g/mol. The van der Waals surface area contributed by atoms with Crippen molar-refractivity contribution in [3.05, 3.63) is 0 Å². The van der Waals surface area contributed by atoms with Crippen LogP contribution in [0.4, 0.5) is 19.2 Å². The number of rotatable bonds is 14. The van der Waals surface area contributed by atoms with E-state index >= 15 is 0 Å². The molecule has 0 aliphatic heterocycles. The van der Waals surface area contributed by atoms with Crippen molar-refractivity contribution in [3.8, 4) is 0 Å². The van der Waals surface area contributed by atoms with Crippen LogP contribution in [0.1, 0.15) is 109 Å². The van der Waals surface area contributed by atoms with Gasteiger partial charge in [-0.25, -0.2) is 24.0 Å². The summed E-state index contributed by atoms with van der Waals surface area (Å²) in [5, 5.41) is 15.4. The van der Waals surface area contributed by atoms with Gasteiger partial charge in [-0.05, 0) is 109 Å². The Hall–Kier alpha value is -3.45. The second-order valence-corrected chi connectivity index (χ2v) is 14.7. The summed E-state index contributed by atoms with van der Waals surface area (Å²) >= 11 is 0. The van der Waals surface area contributed by atoms with E-state index in [2.05, 4.69) is 10.6 Å². The Kier molecular flexibility index (Phi) is 16.5. The van der Waals surface area contributed by atoms with Gasteiger partial charge in [0.1, 0.15) is 28.4 Å². The fourth-order valence-corrected chi connectivity index (χ4v) is 3.73. The molecule has 3 N–H and O–H groups in total. The Labute approximate surface area is 268 Å². The molecule has 0 saturated carbocycles. The van der Waals surface area contributed by atoms with Gasteiger partial charge in [0.25, 0.3) is 0 Å². The van der Waals surface area contributed by atoms with Crippen molar-refractivity contribution in [2.45, 2.75) is 137 Å². The summed E-state index contributed by atoms with van der Waals surface area (Å²) in [5.41, 5.74) is -2.94. The second kappa shape index (κ2) is 17.9. The zero-order valence-corrected chi connectivity index (χ0v) is 29.5. The van der Waals surface area contributed by atoms with E-state index in [0.717, 1.165) is 4.90 Å². The number of hydrogen-bond acceptors (Lipinski definition) is 9. The number of aliphatic carboxylic acids is 1. The van der Waals surface area contributed by atoms with Gasteiger partial charge in [-0.1, -0.05) is 0 Å². The summed E-state index contributed by atoms with van der Waals surface area (Å²) in [4.78, 5) is 65.0. The van der Waals surface area contributed by atoms with E-state index < -0.39 is 58.8 Å². The molecule has 4 amide bonds. The molecule has 14 nitrogen and oxygen atoms in total. The number of carboxylic acid groups (broad SMARTS) is 1. The number of hydrogen-bond donors (Lipinski definition) is 3. The van der Waals surface area contributed by atoms with Crippen LogP contribution in [0.15, 0.2) is 0 Å². The molecule has 14 heteroatoms. The normalized spacial score (nSPS) is 12.8. The van der Waals surface area contributed by atoms with Crippen LogP contribution < -0.4 is 10.6 Å². The largest absolute Gasteiger partial charge is 0.480 e. The number of alkyl carbamates (subject to hydrolysis) is 2. The standard InChI is InChI=1S/C31H58N4O10/c1-28(2,3)42-24(38)32-17-14-20-34(26(40)44-30(7,8)9)19-13-16-22(23(36)37)35(27(41)45-31(10,11)12)21-15-18-33-25(39)43-29(4,5)6/h22H,13-21H2,1-12H3,(H,32,38)(H,33,39)(H,36,37). The summed E-state index contributed by atoms with van der Waals surface area (Å²) in [6.45, 7) is 21.5. The van der Waals surface area contributed by atoms with Crippen molar-refractivity contribution in [3.63, 3.8) is 0 Å². The maximum absolute atomic E-state index is 13.1. The van der Waals surface area contributed by atoms with E-state index in [1.165, 1.54) is 4.90 Å². The Morgan fingerprint density at radius 3 is 1.36 bits per heavy atom. The first kappa shape index (κ1) is 41.5. The van der Waals surface area contributed by atoms with Crippen LogP contribution in [0.3, 0.4) is 0 Å². The maximum Gasteiger partial charge on any atom is 0.411 e. The van der Waals surface area contributed by atoms with Gasteiger partial charge in [0.2, 0.25) is 0 Å². The smallest absolute Gasteiger partial charge is 0.411 e. The van der Waals surface area contributed by atoms with Gasteiger partial charge in [-0.3, -0.25) is 4.90 Å². The number of nitrogens with zero attached hydrogens (tertiary/aromatic N) is 2. The molecule has 0 radical (unpaired) electrons. The van der Waals surface area contributed by atoms with Crippen LogP contribution >= 0.6 is 0 Å². The molecule has 0 saturated heterocycles. The summed E-state index contributed by atoms with van der Waals surface area (Å²) in [6, 6.07) is -1.25. The number of amides is 4. The summed E-state index contributed by atoms with van der Waals surface area (Å²) < 4.78 is 21.5. The molecule has 0 rings (SSSR count). The number of nitrogens with one attached hydrogen (secondary N) is 2. The number of carbonyl (C=O) groups excluding carboxylic acids is 4. The maximum atomic E-state index is 13.1. The van der Waals surface area contributed by atoms with Crippen LogP contribution in [0.5, 0.6) is 0 Å². The first-order valence-corrected chi connectivity index (χ1v) is 15.4. The van der Waals surface area contributed by atoms with Crippen molar-refractivity contribution < 1.29 is 48.0 Å². The van der Waals surface area contributed by atoms with E-state index in [4.69, 9.17) is 18.9 Å². The minimum absolute atomic E-state index is 0.00616. The molecule has 0 aliphatic carbocycles. The number of ether oxygens (including phenoxy) is 4. The Bertz CT molecular complexity index is 975. The van der Waals surface area contributed by atoms with Crippen molar-refractivity contribution in [2.24, 2.45) is 0 Å². The molecule has 0 bridgehead atoms. The molecule has 1 atom stereocenters. The minimum Gasteiger partial charge on any atom is -0.480 e. The molecule has 0 fully saturated rings. The average molecular weight is 647 g/mol.